The van der Waals surface area contributed by atoms with Crippen molar-refractivity contribution in [3.05, 3.63) is 41.5 Å². The number of benzene rings is 1. The molecule has 9 heteroatoms. The monoisotopic (exact) mass is 440 g/mol. The molecule has 1 aromatic carbocycles. The van der Waals surface area contributed by atoms with Gasteiger partial charge < -0.3 is 14.5 Å². The summed E-state index contributed by atoms with van der Waals surface area (Å²) < 4.78 is 43.0. The Bertz CT molecular complexity index is 826. The van der Waals surface area contributed by atoms with Crippen molar-refractivity contribution in [1.29, 1.82) is 0 Å². The molecule has 0 unspecified atom stereocenters. The smallest absolute Gasteiger partial charge is 0.416 e. The van der Waals surface area contributed by atoms with E-state index in [1.807, 2.05) is 0 Å². The zero-order chi connectivity index (χ0) is 23.2. The van der Waals surface area contributed by atoms with Crippen molar-refractivity contribution in [2.75, 3.05) is 33.3 Å². The number of rotatable bonds is 6. The standard InChI is InChI=1S/C22H27F3N2O4/c1-4-31-21(30)17-9-11-27(12-10-17)20(29)14-26(3)19(28)13-15(2)16-5-7-18(8-6-16)22(23,24)25/h5-8,13,17H,4,9-12,14H2,1-3H3/b15-13-. The van der Waals surface area contributed by atoms with Gasteiger partial charge in [0.25, 0.3) is 0 Å². The predicted octanol–water partition coefficient (Wildman–Crippen LogP) is 3.37. The Morgan fingerprint density at radius 1 is 1.16 bits per heavy atom. The Morgan fingerprint density at radius 3 is 2.26 bits per heavy atom. The van der Waals surface area contributed by atoms with E-state index in [0.717, 1.165) is 12.1 Å². The molecule has 0 radical (unpaired) electrons. The second-order valence-corrected chi connectivity index (χ2v) is 7.50. The SMILES string of the molecule is CCOC(=O)C1CCN(C(=O)CN(C)C(=O)/C=C(/C)c2ccc(C(F)(F)F)cc2)CC1. The van der Waals surface area contributed by atoms with Gasteiger partial charge in [0.1, 0.15) is 0 Å². The second kappa shape index (κ2) is 10.5. The number of allylic oxidation sites excluding steroid dienone is 1. The molecule has 1 saturated heterocycles. The van der Waals surface area contributed by atoms with Gasteiger partial charge in [-0.25, -0.2) is 0 Å². The molecule has 0 bridgehead atoms. The highest BCUT2D eigenvalue weighted by molar-refractivity contribution is 5.96. The van der Waals surface area contributed by atoms with E-state index in [-0.39, 0.29) is 24.3 Å². The van der Waals surface area contributed by atoms with Gasteiger partial charge in [-0.2, -0.15) is 13.2 Å². The van der Waals surface area contributed by atoms with Gasteiger partial charge >= 0.3 is 12.1 Å². The number of likely N-dealkylation sites (tertiary alicyclic amines) is 1. The molecule has 0 spiro atoms. The third kappa shape index (κ3) is 6.83. The summed E-state index contributed by atoms with van der Waals surface area (Å²) in [5.41, 5.74) is 0.222. The minimum Gasteiger partial charge on any atom is -0.466 e. The van der Waals surface area contributed by atoms with Crippen molar-refractivity contribution in [3.63, 3.8) is 0 Å². The summed E-state index contributed by atoms with van der Waals surface area (Å²) in [5, 5.41) is 0. The summed E-state index contributed by atoms with van der Waals surface area (Å²) in [4.78, 5) is 39.6. The lowest BCUT2D eigenvalue weighted by molar-refractivity contribution is -0.151. The minimum absolute atomic E-state index is 0.125. The number of piperidine rings is 1. The van der Waals surface area contributed by atoms with E-state index in [0.29, 0.717) is 43.7 Å². The average Bonchev–Trinajstić information content (AvgIpc) is 2.73. The molecular formula is C22H27F3N2O4. The maximum absolute atomic E-state index is 12.7. The van der Waals surface area contributed by atoms with Gasteiger partial charge in [0.05, 0.1) is 24.6 Å². The maximum atomic E-state index is 12.7. The van der Waals surface area contributed by atoms with Gasteiger partial charge in [-0.15, -0.1) is 0 Å². The summed E-state index contributed by atoms with van der Waals surface area (Å²) in [5.74, 6) is -1.10. The highest BCUT2D eigenvalue weighted by Gasteiger charge is 2.30. The van der Waals surface area contributed by atoms with E-state index >= 15 is 0 Å². The number of likely N-dealkylation sites (N-methyl/N-ethyl adjacent to an activating group) is 1. The van der Waals surface area contributed by atoms with Crippen LogP contribution in [-0.2, 0) is 25.3 Å². The summed E-state index contributed by atoms with van der Waals surface area (Å²) in [7, 11) is 1.49. The van der Waals surface area contributed by atoms with Crippen LogP contribution in [0.2, 0.25) is 0 Å². The summed E-state index contributed by atoms with van der Waals surface area (Å²) in [6, 6.07) is 4.54. The quantitative estimate of drug-likeness (QED) is 0.503. The van der Waals surface area contributed by atoms with Gasteiger partial charge in [-0.1, -0.05) is 12.1 Å². The van der Waals surface area contributed by atoms with Crippen LogP contribution >= 0.6 is 0 Å². The van der Waals surface area contributed by atoms with E-state index in [9.17, 15) is 27.6 Å². The largest absolute Gasteiger partial charge is 0.466 e. The van der Waals surface area contributed by atoms with E-state index < -0.39 is 17.6 Å². The van der Waals surface area contributed by atoms with Gasteiger partial charge in [0.2, 0.25) is 11.8 Å². The second-order valence-electron chi connectivity index (χ2n) is 7.50. The van der Waals surface area contributed by atoms with Gasteiger partial charge in [-0.05, 0) is 50.0 Å². The molecule has 170 valence electrons. The molecule has 1 aliphatic heterocycles. The average molecular weight is 440 g/mol. The van der Waals surface area contributed by atoms with Crippen molar-refractivity contribution < 1.29 is 32.3 Å². The lowest BCUT2D eigenvalue weighted by Crippen LogP contribution is -2.45. The van der Waals surface area contributed by atoms with E-state index in [2.05, 4.69) is 0 Å². The molecule has 0 saturated carbocycles. The van der Waals surface area contributed by atoms with E-state index in [1.165, 1.54) is 30.2 Å². The van der Waals surface area contributed by atoms with Crippen molar-refractivity contribution in [1.82, 2.24) is 9.80 Å². The van der Waals surface area contributed by atoms with Gasteiger partial charge in [0, 0.05) is 26.2 Å². The number of carbonyl (C=O) groups is 3. The number of ether oxygens (including phenoxy) is 1. The zero-order valence-electron chi connectivity index (χ0n) is 17.9. The summed E-state index contributed by atoms with van der Waals surface area (Å²) >= 11 is 0. The van der Waals surface area contributed by atoms with Crippen LogP contribution < -0.4 is 0 Å². The number of amides is 2. The number of halogens is 3. The number of nitrogens with zero attached hydrogens (tertiary/aromatic N) is 2. The number of carbonyl (C=O) groups excluding carboxylic acids is 3. The molecule has 1 aromatic rings. The third-order valence-electron chi connectivity index (χ3n) is 5.22. The Morgan fingerprint density at radius 2 is 1.74 bits per heavy atom. The fraction of sp³-hybridized carbons (Fsp3) is 0.500. The first-order chi connectivity index (χ1) is 14.5. The first-order valence-electron chi connectivity index (χ1n) is 10.1. The van der Waals surface area contributed by atoms with Crippen LogP contribution in [0.5, 0.6) is 0 Å². The number of hydrogen-bond donors (Lipinski definition) is 0. The van der Waals surface area contributed by atoms with Crippen LogP contribution in [0.15, 0.2) is 30.3 Å². The molecule has 2 rings (SSSR count). The molecule has 0 aromatic heterocycles. The van der Waals surface area contributed by atoms with Crippen LogP contribution in [0.1, 0.15) is 37.8 Å². The predicted molar refractivity (Wildman–Crippen MR) is 109 cm³/mol. The zero-order valence-corrected chi connectivity index (χ0v) is 17.9. The topological polar surface area (TPSA) is 66.9 Å². The van der Waals surface area contributed by atoms with Crippen LogP contribution in [0, 0.1) is 5.92 Å². The first-order valence-corrected chi connectivity index (χ1v) is 10.1. The first kappa shape index (κ1) is 24.4. The van der Waals surface area contributed by atoms with Gasteiger partial charge in [0.15, 0.2) is 0 Å². The number of esters is 1. The Labute approximate surface area is 179 Å². The summed E-state index contributed by atoms with van der Waals surface area (Å²) in [6.07, 6.45) is -2.08. The molecule has 0 N–H and O–H groups in total. The van der Waals surface area contributed by atoms with Crippen LogP contribution in [0.25, 0.3) is 5.57 Å². The highest BCUT2D eigenvalue weighted by Crippen LogP contribution is 2.30. The van der Waals surface area contributed by atoms with Crippen LogP contribution in [-0.4, -0.2) is 60.9 Å². The molecule has 1 fully saturated rings. The summed E-state index contributed by atoms with van der Waals surface area (Å²) in [6.45, 7) is 4.41. The maximum Gasteiger partial charge on any atom is 0.416 e. The van der Waals surface area contributed by atoms with Crippen molar-refractivity contribution in [3.8, 4) is 0 Å². The number of alkyl halides is 3. The van der Waals surface area contributed by atoms with Gasteiger partial charge in [-0.3, -0.25) is 14.4 Å². The fourth-order valence-corrected chi connectivity index (χ4v) is 3.31. The Balaban J connectivity index is 1.90. The van der Waals surface area contributed by atoms with Crippen molar-refractivity contribution in [2.24, 2.45) is 5.92 Å². The molecular weight excluding hydrogens is 413 g/mol. The molecule has 0 atom stereocenters. The van der Waals surface area contributed by atoms with E-state index in [4.69, 9.17) is 4.74 Å². The lowest BCUT2D eigenvalue weighted by atomic mass is 9.97. The molecule has 1 aliphatic rings. The van der Waals surface area contributed by atoms with Crippen LogP contribution in [0.4, 0.5) is 13.2 Å². The molecule has 0 aliphatic carbocycles. The normalized spacial score (nSPS) is 15.5. The molecule has 6 nitrogen and oxygen atoms in total. The highest BCUT2D eigenvalue weighted by atomic mass is 19.4. The molecule has 2 amide bonds. The Kier molecular flexibility index (Phi) is 8.24. The minimum atomic E-state index is -4.42. The Hall–Kier alpha value is -2.84. The van der Waals surface area contributed by atoms with Crippen molar-refractivity contribution >= 4 is 23.4 Å². The third-order valence-corrected chi connectivity index (χ3v) is 5.22. The molecule has 1 heterocycles. The van der Waals surface area contributed by atoms with Crippen LogP contribution in [0.3, 0.4) is 0 Å². The van der Waals surface area contributed by atoms with E-state index in [1.54, 1.807) is 18.7 Å². The number of hydrogen-bond acceptors (Lipinski definition) is 4. The molecule has 31 heavy (non-hydrogen) atoms. The van der Waals surface area contributed by atoms with Crippen molar-refractivity contribution in [2.45, 2.75) is 32.9 Å². The fourth-order valence-electron chi connectivity index (χ4n) is 3.31. The lowest BCUT2D eigenvalue weighted by Gasteiger charge is -2.32.